The summed E-state index contributed by atoms with van der Waals surface area (Å²) in [5.74, 6) is -1.48. The van der Waals surface area contributed by atoms with Crippen LogP contribution in [-0.2, 0) is 15.7 Å². The standard InChI is InChI=1S/C15H10ClF4N3O3S/c16-7-3-6(1-2-8(7)17)11(9-5-27-13(22-9)15(18,19)20)23-12(24)10-4-21-14(25)26-10/h1-3,5,10-11H,4H2,(H,21,25)(H,23,24). The van der Waals surface area contributed by atoms with Crippen molar-refractivity contribution in [2.45, 2.75) is 18.3 Å². The molecule has 6 nitrogen and oxygen atoms in total. The minimum absolute atomic E-state index is 0.0908. The van der Waals surface area contributed by atoms with Crippen molar-refractivity contribution >= 4 is 34.9 Å². The topological polar surface area (TPSA) is 80.3 Å². The minimum Gasteiger partial charge on any atom is -0.434 e. The molecular formula is C15H10ClF4N3O3S. The lowest BCUT2D eigenvalue weighted by Crippen LogP contribution is -2.39. The van der Waals surface area contributed by atoms with Crippen LogP contribution in [0.5, 0.6) is 0 Å². The van der Waals surface area contributed by atoms with Gasteiger partial charge in [-0.05, 0) is 17.7 Å². The van der Waals surface area contributed by atoms with Crippen molar-refractivity contribution in [3.05, 3.63) is 50.7 Å². The molecule has 144 valence electrons. The van der Waals surface area contributed by atoms with Gasteiger partial charge < -0.3 is 15.4 Å². The van der Waals surface area contributed by atoms with Crippen LogP contribution in [0.1, 0.15) is 22.3 Å². The predicted molar refractivity (Wildman–Crippen MR) is 86.8 cm³/mol. The fraction of sp³-hybridized carbons (Fsp3) is 0.267. The summed E-state index contributed by atoms with van der Waals surface area (Å²) in [6, 6.07) is 2.30. The number of aromatic nitrogens is 1. The second kappa shape index (κ2) is 7.31. The minimum atomic E-state index is -4.65. The molecule has 0 radical (unpaired) electrons. The van der Waals surface area contributed by atoms with E-state index in [2.05, 4.69) is 15.6 Å². The number of ether oxygens (including phenoxy) is 1. The Morgan fingerprint density at radius 3 is 2.74 bits per heavy atom. The van der Waals surface area contributed by atoms with E-state index in [-0.39, 0.29) is 22.8 Å². The molecule has 1 fully saturated rings. The third-order valence-electron chi connectivity index (χ3n) is 3.60. The molecule has 2 atom stereocenters. The number of thiazole rings is 1. The normalized spacial score (nSPS) is 18.0. The van der Waals surface area contributed by atoms with Crippen molar-refractivity contribution < 1.29 is 31.9 Å². The number of carbonyl (C=O) groups excluding carboxylic acids is 2. The average molecular weight is 424 g/mol. The maximum atomic E-state index is 13.4. The van der Waals surface area contributed by atoms with Crippen LogP contribution in [0.25, 0.3) is 0 Å². The Morgan fingerprint density at radius 2 is 2.19 bits per heavy atom. The Morgan fingerprint density at radius 1 is 1.44 bits per heavy atom. The van der Waals surface area contributed by atoms with Crippen LogP contribution in [0.4, 0.5) is 22.4 Å². The number of halogens is 5. The Balaban J connectivity index is 1.93. The van der Waals surface area contributed by atoms with Gasteiger partial charge in [0.1, 0.15) is 5.82 Å². The summed E-state index contributed by atoms with van der Waals surface area (Å²) in [6.45, 7) is -0.0908. The molecule has 1 saturated heterocycles. The van der Waals surface area contributed by atoms with Gasteiger partial charge in [-0.1, -0.05) is 17.7 Å². The largest absolute Gasteiger partial charge is 0.443 e. The van der Waals surface area contributed by atoms with E-state index in [1.807, 2.05) is 0 Å². The van der Waals surface area contributed by atoms with Crippen LogP contribution in [-0.4, -0.2) is 29.6 Å². The van der Waals surface area contributed by atoms with Crippen molar-refractivity contribution in [1.29, 1.82) is 0 Å². The van der Waals surface area contributed by atoms with Crippen LogP contribution >= 0.6 is 22.9 Å². The van der Waals surface area contributed by atoms with Gasteiger partial charge in [0, 0.05) is 5.38 Å². The molecule has 0 aliphatic carbocycles. The molecule has 1 aromatic heterocycles. The van der Waals surface area contributed by atoms with E-state index < -0.39 is 41.1 Å². The summed E-state index contributed by atoms with van der Waals surface area (Å²) >= 11 is 6.10. The monoisotopic (exact) mass is 423 g/mol. The average Bonchev–Trinajstić information content (AvgIpc) is 3.24. The number of hydrogen-bond acceptors (Lipinski definition) is 5. The number of nitrogens with zero attached hydrogens (tertiary/aromatic N) is 1. The molecule has 2 amide bonds. The van der Waals surface area contributed by atoms with Gasteiger partial charge in [-0.25, -0.2) is 14.2 Å². The number of nitrogens with one attached hydrogen (secondary N) is 2. The fourth-order valence-electron chi connectivity index (χ4n) is 2.34. The zero-order chi connectivity index (χ0) is 19.8. The summed E-state index contributed by atoms with van der Waals surface area (Å²) in [4.78, 5) is 26.9. The van der Waals surface area contributed by atoms with Gasteiger partial charge in [-0.3, -0.25) is 4.79 Å². The lowest BCUT2D eigenvalue weighted by Gasteiger charge is -2.19. The number of cyclic esters (lactones) is 1. The zero-order valence-corrected chi connectivity index (χ0v) is 14.7. The van der Waals surface area contributed by atoms with Gasteiger partial charge in [-0.2, -0.15) is 13.2 Å². The first kappa shape index (κ1) is 19.4. The molecule has 2 unspecified atom stereocenters. The van der Waals surface area contributed by atoms with E-state index in [4.69, 9.17) is 16.3 Å². The fourth-order valence-corrected chi connectivity index (χ4v) is 3.24. The molecule has 0 bridgehead atoms. The maximum absolute atomic E-state index is 13.4. The van der Waals surface area contributed by atoms with Crippen LogP contribution in [0.2, 0.25) is 5.02 Å². The van der Waals surface area contributed by atoms with Gasteiger partial charge in [0.15, 0.2) is 11.1 Å². The number of amides is 2. The van der Waals surface area contributed by atoms with Gasteiger partial charge >= 0.3 is 12.3 Å². The Kier molecular flexibility index (Phi) is 5.24. The number of carbonyl (C=O) groups is 2. The summed E-state index contributed by atoms with van der Waals surface area (Å²) < 4.78 is 56.8. The second-order valence-electron chi connectivity index (χ2n) is 5.47. The Bertz CT molecular complexity index is 889. The smallest absolute Gasteiger partial charge is 0.434 e. The molecule has 1 aliphatic heterocycles. The Labute approximate surface area is 158 Å². The number of benzene rings is 1. The van der Waals surface area contributed by atoms with Crippen molar-refractivity contribution in [3.63, 3.8) is 0 Å². The van der Waals surface area contributed by atoms with Crippen LogP contribution in [0.15, 0.2) is 23.6 Å². The van der Waals surface area contributed by atoms with Gasteiger partial charge in [0.25, 0.3) is 5.91 Å². The van der Waals surface area contributed by atoms with Crippen LogP contribution in [0.3, 0.4) is 0 Å². The first-order valence-electron chi connectivity index (χ1n) is 7.37. The number of alkyl carbamates (subject to hydrolysis) is 1. The van der Waals surface area contributed by atoms with Crippen molar-refractivity contribution in [2.75, 3.05) is 6.54 Å². The molecule has 12 heteroatoms. The van der Waals surface area contributed by atoms with E-state index >= 15 is 0 Å². The molecule has 1 aromatic carbocycles. The highest BCUT2D eigenvalue weighted by atomic mass is 35.5. The number of alkyl halides is 3. The van der Waals surface area contributed by atoms with E-state index in [1.54, 1.807) is 0 Å². The zero-order valence-electron chi connectivity index (χ0n) is 13.1. The molecule has 0 spiro atoms. The number of rotatable bonds is 4. The molecule has 27 heavy (non-hydrogen) atoms. The van der Waals surface area contributed by atoms with Crippen LogP contribution in [0, 0.1) is 5.82 Å². The molecular weight excluding hydrogens is 414 g/mol. The molecule has 1 aliphatic rings. The molecule has 2 N–H and O–H groups in total. The van der Waals surface area contributed by atoms with Crippen molar-refractivity contribution in [2.24, 2.45) is 0 Å². The summed E-state index contributed by atoms with van der Waals surface area (Å²) in [5, 5.41) is 4.51. The van der Waals surface area contributed by atoms with Crippen molar-refractivity contribution in [1.82, 2.24) is 15.6 Å². The third-order valence-corrected chi connectivity index (χ3v) is 4.79. The quantitative estimate of drug-likeness (QED) is 0.740. The first-order chi connectivity index (χ1) is 12.6. The lowest BCUT2D eigenvalue weighted by atomic mass is 10.0. The number of hydrogen-bond donors (Lipinski definition) is 2. The molecule has 2 heterocycles. The van der Waals surface area contributed by atoms with E-state index in [9.17, 15) is 27.2 Å². The van der Waals surface area contributed by atoms with E-state index in [1.165, 1.54) is 12.1 Å². The summed E-state index contributed by atoms with van der Waals surface area (Å²) in [5.41, 5.74) is 0.103. The predicted octanol–water partition coefficient (Wildman–Crippen LogP) is 3.27. The van der Waals surface area contributed by atoms with Crippen molar-refractivity contribution in [3.8, 4) is 0 Å². The van der Waals surface area contributed by atoms with Gasteiger partial charge in [0.2, 0.25) is 0 Å². The second-order valence-corrected chi connectivity index (χ2v) is 6.73. The molecule has 2 aromatic rings. The van der Waals surface area contributed by atoms with Gasteiger partial charge in [0.05, 0.1) is 23.3 Å². The van der Waals surface area contributed by atoms with E-state index in [0.717, 1.165) is 11.4 Å². The van der Waals surface area contributed by atoms with E-state index in [0.29, 0.717) is 11.3 Å². The molecule has 3 rings (SSSR count). The lowest BCUT2D eigenvalue weighted by molar-refractivity contribution is -0.137. The van der Waals surface area contributed by atoms with Gasteiger partial charge in [-0.15, -0.1) is 11.3 Å². The van der Waals surface area contributed by atoms with Crippen LogP contribution < -0.4 is 10.6 Å². The molecule has 0 saturated carbocycles. The third kappa shape index (κ3) is 4.30. The summed E-state index contributed by atoms with van der Waals surface area (Å²) in [6.07, 6.45) is -6.59. The SMILES string of the molecule is O=C1NCC(C(=O)NC(c2ccc(F)c(Cl)c2)c2csc(C(F)(F)F)n2)O1. The first-order valence-corrected chi connectivity index (χ1v) is 8.63. The highest BCUT2D eigenvalue weighted by Gasteiger charge is 2.37. The maximum Gasteiger partial charge on any atom is 0.443 e. The highest BCUT2D eigenvalue weighted by molar-refractivity contribution is 7.09. The highest BCUT2D eigenvalue weighted by Crippen LogP contribution is 2.34. The Hall–Kier alpha value is -2.40. The summed E-state index contributed by atoms with van der Waals surface area (Å²) in [7, 11) is 0.